The third-order valence-corrected chi connectivity index (χ3v) is 4.21. The lowest BCUT2D eigenvalue weighted by Crippen LogP contribution is -2.11. The third kappa shape index (κ3) is 3.75. The number of carbonyl (C=O) groups excluding carboxylic acids is 1. The number of hydrogen-bond acceptors (Lipinski definition) is 5. The molecule has 0 aliphatic heterocycles. The number of carbonyl (C=O) groups is 1. The minimum absolute atomic E-state index is 0.266. The summed E-state index contributed by atoms with van der Waals surface area (Å²) in [5.74, 6) is 0.175. The number of benzene rings is 1. The molecule has 0 saturated heterocycles. The van der Waals surface area contributed by atoms with Crippen molar-refractivity contribution >= 4 is 28.1 Å². The Labute approximate surface area is 136 Å². The van der Waals surface area contributed by atoms with E-state index < -0.39 is 0 Å². The van der Waals surface area contributed by atoms with Crippen LogP contribution in [0.5, 0.6) is 0 Å². The number of thiazole rings is 1. The van der Waals surface area contributed by atoms with Gasteiger partial charge in [0.25, 0.3) is 5.91 Å². The summed E-state index contributed by atoms with van der Waals surface area (Å²) in [5.41, 5.74) is 1.17. The second-order valence-electron chi connectivity index (χ2n) is 4.83. The maximum Gasteiger partial charge on any atom is 0.267 e. The molecule has 0 spiro atoms. The van der Waals surface area contributed by atoms with Gasteiger partial charge in [-0.1, -0.05) is 11.3 Å². The van der Waals surface area contributed by atoms with Crippen LogP contribution in [-0.2, 0) is 6.54 Å². The number of nitrogens with zero attached hydrogens (tertiary/aromatic N) is 1. The number of nitrogens with one attached hydrogen (secondary N) is 2. The van der Waals surface area contributed by atoms with Gasteiger partial charge in [-0.15, -0.1) is 0 Å². The number of hydrogen-bond donors (Lipinski definition) is 2. The van der Waals surface area contributed by atoms with Gasteiger partial charge in [0, 0.05) is 5.69 Å². The Kier molecular flexibility index (Phi) is 4.38. The van der Waals surface area contributed by atoms with E-state index in [1.165, 1.54) is 35.6 Å². The second-order valence-corrected chi connectivity index (χ2v) is 5.83. The summed E-state index contributed by atoms with van der Waals surface area (Å²) >= 11 is 1.26. The van der Waals surface area contributed by atoms with E-state index in [-0.39, 0.29) is 11.7 Å². The number of anilines is 2. The first-order chi connectivity index (χ1) is 11.1. The minimum Gasteiger partial charge on any atom is -0.467 e. The van der Waals surface area contributed by atoms with Crippen LogP contribution in [-0.4, -0.2) is 10.9 Å². The predicted molar refractivity (Wildman–Crippen MR) is 87.2 cm³/mol. The average Bonchev–Trinajstić information content (AvgIpc) is 3.17. The molecule has 1 aromatic carbocycles. The van der Waals surface area contributed by atoms with Crippen LogP contribution in [0.4, 0.5) is 15.2 Å². The van der Waals surface area contributed by atoms with Crippen molar-refractivity contribution in [1.29, 1.82) is 0 Å². The van der Waals surface area contributed by atoms with Crippen molar-refractivity contribution in [2.24, 2.45) is 0 Å². The fourth-order valence-corrected chi connectivity index (χ4v) is 2.84. The Morgan fingerprint density at radius 1 is 1.30 bits per heavy atom. The van der Waals surface area contributed by atoms with E-state index in [0.717, 1.165) is 5.76 Å². The Morgan fingerprint density at radius 3 is 2.78 bits per heavy atom. The van der Waals surface area contributed by atoms with Crippen molar-refractivity contribution in [1.82, 2.24) is 4.98 Å². The Balaban J connectivity index is 1.67. The van der Waals surface area contributed by atoms with E-state index in [1.54, 1.807) is 13.2 Å². The highest BCUT2D eigenvalue weighted by Gasteiger charge is 2.15. The molecule has 0 saturated carbocycles. The fraction of sp³-hybridized carbons (Fsp3) is 0.125. The zero-order valence-corrected chi connectivity index (χ0v) is 13.1. The van der Waals surface area contributed by atoms with Gasteiger partial charge in [0.05, 0.1) is 18.5 Å². The molecule has 2 N–H and O–H groups in total. The standard InChI is InChI=1S/C16H14FN3O2S/c1-10-14(15(21)20-12-6-4-11(17)5-7-12)23-16(19-10)18-9-13-3-2-8-22-13/h2-8H,9H2,1H3,(H,18,19)(H,20,21). The first-order valence-corrected chi connectivity index (χ1v) is 7.74. The van der Waals surface area contributed by atoms with Gasteiger partial charge in [-0.2, -0.15) is 0 Å². The first-order valence-electron chi connectivity index (χ1n) is 6.92. The van der Waals surface area contributed by atoms with Crippen LogP contribution in [0.2, 0.25) is 0 Å². The molecular weight excluding hydrogens is 317 g/mol. The van der Waals surface area contributed by atoms with Crippen LogP contribution in [0, 0.1) is 12.7 Å². The highest BCUT2D eigenvalue weighted by Crippen LogP contribution is 2.24. The second kappa shape index (κ2) is 6.62. The monoisotopic (exact) mass is 331 g/mol. The fourth-order valence-electron chi connectivity index (χ4n) is 1.98. The molecule has 7 heteroatoms. The van der Waals surface area contributed by atoms with E-state index >= 15 is 0 Å². The van der Waals surface area contributed by atoms with Crippen LogP contribution in [0.25, 0.3) is 0 Å². The number of aryl methyl sites for hydroxylation is 1. The minimum atomic E-state index is -0.346. The molecule has 5 nitrogen and oxygen atoms in total. The smallest absolute Gasteiger partial charge is 0.267 e. The lowest BCUT2D eigenvalue weighted by Gasteiger charge is -2.03. The van der Waals surface area contributed by atoms with Crippen molar-refractivity contribution in [2.75, 3.05) is 10.6 Å². The number of amides is 1. The van der Waals surface area contributed by atoms with Gasteiger partial charge < -0.3 is 15.1 Å². The molecule has 0 fully saturated rings. The highest BCUT2D eigenvalue weighted by molar-refractivity contribution is 7.17. The van der Waals surface area contributed by atoms with Gasteiger partial charge in [-0.3, -0.25) is 4.79 Å². The zero-order chi connectivity index (χ0) is 16.2. The average molecular weight is 331 g/mol. The molecule has 0 aliphatic rings. The molecule has 0 bridgehead atoms. The lowest BCUT2D eigenvalue weighted by atomic mass is 10.3. The SMILES string of the molecule is Cc1nc(NCc2ccco2)sc1C(=O)Nc1ccc(F)cc1. The third-order valence-electron chi connectivity index (χ3n) is 3.10. The molecule has 23 heavy (non-hydrogen) atoms. The van der Waals surface area contributed by atoms with Crippen molar-refractivity contribution < 1.29 is 13.6 Å². The van der Waals surface area contributed by atoms with E-state index in [0.29, 0.717) is 27.9 Å². The Hall–Kier alpha value is -2.67. The van der Waals surface area contributed by atoms with Crippen molar-refractivity contribution in [3.05, 3.63) is 64.8 Å². The van der Waals surface area contributed by atoms with Gasteiger partial charge in [0.15, 0.2) is 5.13 Å². The van der Waals surface area contributed by atoms with E-state index in [9.17, 15) is 9.18 Å². The van der Waals surface area contributed by atoms with Crippen molar-refractivity contribution in [3.63, 3.8) is 0 Å². The molecule has 1 amide bonds. The van der Waals surface area contributed by atoms with Crippen LogP contribution < -0.4 is 10.6 Å². The van der Waals surface area contributed by atoms with Gasteiger partial charge in [-0.25, -0.2) is 9.37 Å². The van der Waals surface area contributed by atoms with Gasteiger partial charge in [0.1, 0.15) is 16.5 Å². The molecular formula is C16H14FN3O2S. The molecule has 0 atom stereocenters. The van der Waals surface area contributed by atoms with Gasteiger partial charge >= 0.3 is 0 Å². The molecule has 0 aliphatic carbocycles. The first kappa shape index (κ1) is 15.2. The van der Waals surface area contributed by atoms with Gasteiger partial charge in [-0.05, 0) is 43.3 Å². The molecule has 3 aromatic rings. The summed E-state index contributed by atoms with van der Waals surface area (Å²) in [6.07, 6.45) is 1.60. The normalized spacial score (nSPS) is 10.5. The summed E-state index contributed by atoms with van der Waals surface area (Å²) in [6, 6.07) is 9.29. The zero-order valence-electron chi connectivity index (χ0n) is 12.3. The van der Waals surface area contributed by atoms with E-state index in [4.69, 9.17) is 4.42 Å². The quantitative estimate of drug-likeness (QED) is 0.740. The number of rotatable bonds is 5. The van der Waals surface area contributed by atoms with Crippen molar-refractivity contribution in [3.8, 4) is 0 Å². The Bertz CT molecular complexity index is 797. The topological polar surface area (TPSA) is 67.2 Å². The molecule has 3 rings (SSSR count). The maximum absolute atomic E-state index is 12.9. The number of aromatic nitrogens is 1. The van der Waals surface area contributed by atoms with Crippen molar-refractivity contribution in [2.45, 2.75) is 13.5 Å². The number of halogens is 1. The van der Waals surface area contributed by atoms with E-state index in [2.05, 4.69) is 15.6 Å². The van der Waals surface area contributed by atoms with E-state index in [1.807, 2.05) is 12.1 Å². The summed E-state index contributed by atoms with van der Waals surface area (Å²) in [4.78, 5) is 17.1. The van der Waals surface area contributed by atoms with Crippen LogP contribution >= 0.6 is 11.3 Å². The Morgan fingerprint density at radius 2 is 2.09 bits per heavy atom. The maximum atomic E-state index is 12.9. The molecule has 2 aromatic heterocycles. The van der Waals surface area contributed by atoms with Gasteiger partial charge in [0.2, 0.25) is 0 Å². The summed E-state index contributed by atoms with van der Waals surface area (Å²) in [7, 11) is 0. The lowest BCUT2D eigenvalue weighted by molar-refractivity contribution is 0.103. The molecule has 0 radical (unpaired) electrons. The highest BCUT2D eigenvalue weighted by atomic mass is 32.1. The summed E-state index contributed by atoms with van der Waals surface area (Å²) < 4.78 is 18.1. The van der Waals surface area contributed by atoms with Crippen LogP contribution in [0.15, 0.2) is 47.1 Å². The predicted octanol–water partition coefficient (Wildman–Crippen LogP) is 4.05. The molecule has 118 valence electrons. The molecule has 2 heterocycles. The van der Waals surface area contributed by atoms with Crippen LogP contribution in [0.1, 0.15) is 21.1 Å². The molecule has 0 unspecified atom stereocenters. The summed E-state index contributed by atoms with van der Waals surface area (Å²) in [5, 5.41) is 6.49. The van der Waals surface area contributed by atoms with Crippen LogP contribution in [0.3, 0.4) is 0 Å². The number of furan rings is 1. The largest absolute Gasteiger partial charge is 0.467 e. The summed E-state index contributed by atoms with van der Waals surface area (Å²) in [6.45, 7) is 2.27.